The van der Waals surface area contributed by atoms with Crippen molar-refractivity contribution >= 4 is 51.6 Å². The lowest BCUT2D eigenvalue weighted by Crippen LogP contribution is -2.04. The number of ether oxygens (including phenoxy) is 1. The molecule has 0 saturated heterocycles. The molecule has 0 aliphatic heterocycles. The van der Waals surface area contributed by atoms with Gasteiger partial charge in [-0.25, -0.2) is 14.8 Å². The minimum atomic E-state index is -0.586. The van der Waals surface area contributed by atoms with Crippen LogP contribution in [0.5, 0.6) is 11.5 Å². The molecule has 2 aromatic carbocycles. The van der Waals surface area contributed by atoms with Crippen LogP contribution in [0.1, 0.15) is 6.92 Å². The van der Waals surface area contributed by atoms with Gasteiger partial charge in [0.2, 0.25) is 5.75 Å². The molecule has 0 amide bonds. The van der Waals surface area contributed by atoms with Crippen LogP contribution in [0.25, 0.3) is 10.9 Å². The fraction of sp³-hybridized carbons (Fsp3) is 0.118. The number of aromatic nitrogens is 2. The van der Waals surface area contributed by atoms with Gasteiger partial charge < -0.3 is 10.1 Å². The van der Waals surface area contributed by atoms with Crippen molar-refractivity contribution in [3.05, 3.63) is 46.7 Å². The number of hydrogen-bond donors (Lipinski definition) is 1. The van der Waals surface area contributed by atoms with Crippen LogP contribution >= 0.6 is 23.2 Å². The highest BCUT2D eigenvalue weighted by molar-refractivity contribution is 6.42. The van der Waals surface area contributed by atoms with E-state index in [0.29, 0.717) is 38.2 Å². The second-order valence-corrected chi connectivity index (χ2v) is 5.97. The molecule has 7 nitrogen and oxygen atoms in total. The van der Waals surface area contributed by atoms with E-state index in [1.165, 1.54) is 20.4 Å². The monoisotopic (exact) mass is 393 g/mol. The number of methoxy groups -OCH3 is 1. The lowest BCUT2D eigenvalue weighted by Gasteiger charge is -2.12. The second-order valence-electron chi connectivity index (χ2n) is 5.15. The first-order valence-corrected chi connectivity index (χ1v) is 8.13. The van der Waals surface area contributed by atoms with Gasteiger partial charge in [-0.15, -0.1) is 0 Å². The van der Waals surface area contributed by atoms with Crippen LogP contribution in [-0.2, 0) is 9.68 Å². The summed E-state index contributed by atoms with van der Waals surface area (Å²) in [6.07, 6.45) is 1.39. The van der Waals surface area contributed by atoms with Crippen LogP contribution in [0, 0.1) is 0 Å². The van der Waals surface area contributed by atoms with Crippen LogP contribution in [0.3, 0.4) is 0 Å². The van der Waals surface area contributed by atoms with Gasteiger partial charge in [-0.1, -0.05) is 23.2 Å². The van der Waals surface area contributed by atoms with Gasteiger partial charge in [-0.2, -0.15) is 0 Å². The number of rotatable bonds is 5. The predicted molar refractivity (Wildman–Crippen MR) is 98.2 cm³/mol. The largest absolute Gasteiger partial charge is 0.493 e. The zero-order valence-corrected chi connectivity index (χ0v) is 15.3. The number of fused-ring (bicyclic) bond motifs is 1. The average Bonchev–Trinajstić information content (AvgIpc) is 2.62. The summed E-state index contributed by atoms with van der Waals surface area (Å²) in [5, 5.41) is 4.71. The van der Waals surface area contributed by atoms with E-state index in [1.54, 1.807) is 30.3 Å². The van der Waals surface area contributed by atoms with E-state index in [1.807, 2.05) is 0 Å². The summed E-state index contributed by atoms with van der Waals surface area (Å²) in [6.45, 7) is 1.23. The zero-order chi connectivity index (χ0) is 18.7. The number of carbonyl (C=O) groups is 1. The zero-order valence-electron chi connectivity index (χ0n) is 13.7. The van der Waals surface area contributed by atoms with E-state index >= 15 is 0 Å². The molecule has 0 unspecified atom stereocenters. The van der Waals surface area contributed by atoms with Crippen molar-refractivity contribution < 1.29 is 19.3 Å². The van der Waals surface area contributed by atoms with Crippen molar-refractivity contribution in [3.8, 4) is 11.5 Å². The number of carbonyl (C=O) groups excluding carboxylic acids is 1. The van der Waals surface area contributed by atoms with Gasteiger partial charge in [0.25, 0.3) is 0 Å². The Hall–Kier alpha value is -2.77. The molecule has 134 valence electrons. The Kier molecular flexibility index (Phi) is 5.29. The van der Waals surface area contributed by atoms with Crippen molar-refractivity contribution in [2.24, 2.45) is 0 Å². The Balaban J connectivity index is 2.01. The number of nitrogens with one attached hydrogen (secondary N) is 1. The molecule has 0 aliphatic rings. The molecule has 0 radical (unpaired) electrons. The first-order valence-electron chi connectivity index (χ1n) is 7.38. The standard InChI is InChI=1S/C17H13Cl2N3O4/c1-9(23)25-26-16-7-14-11(6-15(16)24-2)17(21-8-20-14)22-10-3-4-12(18)13(19)5-10/h3-8H,1-2H3,(H,20,21,22). The van der Waals surface area contributed by atoms with Crippen molar-refractivity contribution in [1.29, 1.82) is 0 Å². The third-order valence-corrected chi connectivity index (χ3v) is 4.09. The maximum absolute atomic E-state index is 10.9. The van der Waals surface area contributed by atoms with E-state index in [0.717, 1.165) is 0 Å². The molecular weight excluding hydrogens is 381 g/mol. The molecule has 1 aromatic heterocycles. The maximum Gasteiger partial charge on any atom is 0.352 e. The molecule has 0 spiro atoms. The van der Waals surface area contributed by atoms with Crippen LogP contribution in [0.2, 0.25) is 10.0 Å². The van der Waals surface area contributed by atoms with E-state index < -0.39 is 5.97 Å². The summed E-state index contributed by atoms with van der Waals surface area (Å²) >= 11 is 12.0. The van der Waals surface area contributed by atoms with Gasteiger partial charge in [-0.3, -0.25) is 9.78 Å². The molecule has 0 bridgehead atoms. The van der Waals surface area contributed by atoms with Gasteiger partial charge >= 0.3 is 5.97 Å². The lowest BCUT2D eigenvalue weighted by atomic mass is 10.2. The summed E-state index contributed by atoms with van der Waals surface area (Å²) in [4.78, 5) is 29.0. The third kappa shape index (κ3) is 3.89. The van der Waals surface area contributed by atoms with Crippen molar-refractivity contribution in [3.63, 3.8) is 0 Å². The van der Waals surface area contributed by atoms with Crippen molar-refractivity contribution in [2.75, 3.05) is 12.4 Å². The first-order chi connectivity index (χ1) is 12.5. The Morgan fingerprint density at radius 2 is 1.88 bits per heavy atom. The molecule has 0 aliphatic carbocycles. The van der Waals surface area contributed by atoms with Gasteiger partial charge in [-0.05, 0) is 24.3 Å². The third-order valence-electron chi connectivity index (χ3n) is 3.35. The summed E-state index contributed by atoms with van der Waals surface area (Å²) < 4.78 is 5.29. The van der Waals surface area contributed by atoms with Crippen molar-refractivity contribution in [1.82, 2.24) is 9.97 Å². The van der Waals surface area contributed by atoms with Crippen LogP contribution in [-0.4, -0.2) is 23.0 Å². The normalized spacial score (nSPS) is 10.5. The number of nitrogens with zero attached hydrogens (tertiary/aromatic N) is 2. The van der Waals surface area contributed by atoms with Crippen LogP contribution < -0.4 is 14.9 Å². The smallest absolute Gasteiger partial charge is 0.352 e. The number of benzene rings is 2. The summed E-state index contributed by atoms with van der Waals surface area (Å²) in [5.41, 5.74) is 1.27. The summed E-state index contributed by atoms with van der Waals surface area (Å²) in [6, 6.07) is 8.40. The van der Waals surface area contributed by atoms with E-state index in [2.05, 4.69) is 20.2 Å². The maximum atomic E-state index is 10.9. The molecular formula is C17H13Cl2N3O4. The lowest BCUT2D eigenvalue weighted by molar-refractivity contribution is -0.211. The Labute approximate surface area is 158 Å². The molecule has 0 saturated carbocycles. The SMILES string of the molecule is COc1cc2c(Nc3ccc(Cl)c(Cl)c3)ncnc2cc1OOC(C)=O. The minimum Gasteiger partial charge on any atom is -0.493 e. The number of anilines is 2. The van der Waals surface area contributed by atoms with E-state index in [4.69, 9.17) is 32.8 Å². The highest BCUT2D eigenvalue weighted by atomic mass is 35.5. The fourth-order valence-corrected chi connectivity index (χ4v) is 2.50. The van der Waals surface area contributed by atoms with Crippen molar-refractivity contribution in [2.45, 2.75) is 6.92 Å². The molecule has 9 heteroatoms. The first kappa shape index (κ1) is 18.0. The molecule has 0 fully saturated rings. The average molecular weight is 394 g/mol. The number of halogens is 2. The fourth-order valence-electron chi connectivity index (χ4n) is 2.20. The van der Waals surface area contributed by atoms with Gasteiger partial charge in [0.05, 0.1) is 22.7 Å². The number of hydrogen-bond acceptors (Lipinski definition) is 7. The molecule has 3 rings (SSSR count). The summed E-state index contributed by atoms with van der Waals surface area (Å²) in [7, 11) is 1.47. The molecule has 0 atom stereocenters. The Morgan fingerprint density at radius 3 is 2.58 bits per heavy atom. The van der Waals surface area contributed by atoms with Gasteiger partial charge in [0.1, 0.15) is 12.1 Å². The minimum absolute atomic E-state index is 0.217. The second kappa shape index (κ2) is 7.63. The van der Waals surface area contributed by atoms with E-state index in [-0.39, 0.29) is 5.75 Å². The van der Waals surface area contributed by atoms with Crippen LogP contribution in [0.4, 0.5) is 11.5 Å². The van der Waals surface area contributed by atoms with Gasteiger partial charge in [0, 0.05) is 24.1 Å². The molecule has 1 N–H and O–H groups in total. The predicted octanol–water partition coefficient (Wildman–Crippen LogP) is 4.55. The quantitative estimate of drug-likeness (QED) is 0.502. The molecule has 1 heterocycles. The Morgan fingerprint density at radius 1 is 1.08 bits per heavy atom. The molecule has 26 heavy (non-hydrogen) atoms. The Bertz CT molecular complexity index is 982. The highest BCUT2D eigenvalue weighted by Gasteiger charge is 2.14. The summed E-state index contributed by atoms with van der Waals surface area (Å²) in [5.74, 6) is 0.516. The topological polar surface area (TPSA) is 82.6 Å². The highest BCUT2D eigenvalue weighted by Crippen LogP contribution is 2.35. The molecule has 3 aromatic rings. The van der Waals surface area contributed by atoms with Crippen LogP contribution in [0.15, 0.2) is 36.7 Å². The van der Waals surface area contributed by atoms with Gasteiger partial charge in [0.15, 0.2) is 5.75 Å². The van der Waals surface area contributed by atoms with E-state index in [9.17, 15) is 4.79 Å².